The van der Waals surface area contributed by atoms with Crippen LogP contribution < -0.4 is 4.74 Å². The van der Waals surface area contributed by atoms with Crippen LogP contribution in [0.2, 0.25) is 0 Å². The molecule has 0 aliphatic rings. The molecule has 0 fully saturated rings. The third-order valence-corrected chi connectivity index (χ3v) is 2.48. The van der Waals surface area contributed by atoms with Gasteiger partial charge in [-0.25, -0.2) is 14.4 Å². The lowest BCUT2D eigenvalue weighted by molar-refractivity contribution is -0.159. The number of benzene rings is 1. The Morgan fingerprint density at radius 1 is 1.09 bits per heavy atom. The molecule has 0 saturated carbocycles. The molecule has 0 amide bonds. The van der Waals surface area contributed by atoms with Crippen LogP contribution >= 0.6 is 0 Å². The summed E-state index contributed by atoms with van der Waals surface area (Å²) in [4.78, 5) is 31.8. The fourth-order valence-electron chi connectivity index (χ4n) is 1.43. The molecular formula is C15H21NO7. The van der Waals surface area contributed by atoms with Crippen molar-refractivity contribution in [1.82, 2.24) is 4.90 Å². The standard InChI is InChI=1S/C13H19NO3.C2H2O4/c1-14(2)9-6-10-17-12-8-5-4-7-11(12)13(15)16-3;3-1(4)2(5)6/h4-5,7-8H,6,9-10H2,1-3H3;(H,3,4)(H,5,6). The third kappa shape index (κ3) is 9.10. The average molecular weight is 327 g/mol. The summed E-state index contributed by atoms with van der Waals surface area (Å²) in [7, 11) is 5.40. The van der Waals surface area contributed by atoms with E-state index in [1.54, 1.807) is 18.2 Å². The molecule has 23 heavy (non-hydrogen) atoms. The van der Waals surface area contributed by atoms with Gasteiger partial charge in [0.2, 0.25) is 0 Å². The summed E-state index contributed by atoms with van der Waals surface area (Å²) in [5.74, 6) is -3.43. The molecule has 1 aromatic carbocycles. The van der Waals surface area contributed by atoms with Crippen molar-refractivity contribution in [3.8, 4) is 5.75 Å². The van der Waals surface area contributed by atoms with Crippen LogP contribution in [0, 0.1) is 0 Å². The number of ether oxygens (including phenoxy) is 2. The molecule has 0 saturated heterocycles. The van der Waals surface area contributed by atoms with E-state index in [0.717, 1.165) is 13.0 Å². The van der Waals surface area contributed by atoms with Crippen LogP contribution in [0.25, 0.3) is 0 Å². The molecular weight excluding hydrogens is 306 g/mol. The highest BCUT2D eigenvalue weighted by molar-refractivity contribution is 6.27. The predicted molar refractivity (Wildman–Crippen MR) is 81.7 cm³/mol. The second-order valence-electron chi connectivity index (χ2n) is 4.60. The molecule has 1 aromatic rings. The maximum Gasteiger partial charge on any atom is 0.414 e. The molecule has 0 aromatic heterocycles. The van der Waals surface area contributed by atoms with Crippen LogP contribution in [0.4, 0.5) is 0 Å². The zero-order valence-electron chi connectivity index (χ0n) is 13.3. The minimum Gasteiger partial charge on any atom is -0.493 e. The van der Waals surface area contributed by atoms with Crippen molar-refractivity contribution in [3.05, 3.63) is 29.8 Å². The Balaban J connectivity index is 0.000000688. The first kappa shape index (κ1) is 20.4. The molecule has 8 nitrogen and oxygen atoms in total. The summed E-state index contributed by atoms with van der Waals surface area (Å²) in [5.41, 5.74) is 0.472. The molecule has 2 N–H and O–H groups in total. The van der Waals surface area contributed by atoms with Crippen LogP contribution in [0.5, 0.6) is 5.75 Å². The van der Waals surface area contributed by atoms with E-state index in [0.29, 0.717) is 17.9 Å². The van der Waals surface area contributed by atoms with Crippen LogP contribution in [-0.4, -0.2) is 67.4 Å². The summed E-state index contributed by atoms with van der Waals surface area (Å²) in [6.07, 6.45) is 0.919. The largest absolute Gasteiger partial charge is 0.493 e. The lowest BCUT2D eigenvalue weighted by Gasteiger charge is -2.12. The van der Waals surface area contributed by atoms with E-state index in [-0.39, 0.29) is 5.97 Å². The van der Waals surface area contributed by atoms with E-state index in [2.05, 4.69) is 4.90 Å². The Bertz CT molecular complexity index is 516. The molecule has 0 aliphatic heterocycles. The van der Waals surface area contributed by atoms with Crippen LogP contribution in [0.1, 0.15) is 16.8 Å². The number of hydrogen-bond acceptors (Lipinski definition) is 6. The van der Waals surface area contributed by atoms with Gasteiger partial charge in [0.05, 0.1) is 13.7 Å². The summed E-state index contributed by atoms with van der Waals surface area (Å²) in [5, 5.41) is 14.8. The number of carbonyl (C=O) groups excluding carboxylic acids is 1. The number of esters is 1. The maximum atomic E-state index is 11.5. The Labute approximate surface area is 134 Å². The zero-order chi connectivity index (χ0) is 17.8. The van der Waals surface area contributed by atoms with Crippen molar-refractivity contribution < 1.29 is 34.1 Å². The van der Waals surface area contributed by atoms with Gasteiger partial charge in [0.1, 0.15) is 11.3 Å². The maximum absolute atomic E-state index is 11.5. The molecule has 128 valence electrons. The topological polar surface area (TPSA) is 113 Å². The number of para-hydroxylation sites is 1. The van der Waals surface area contributed by atoms with E-state index >= 15 is 0 Å². The highest BCUT2D eigenvalue weighted by Crippen LogP contribution is 2.18. The van der Waals surface area contributed by atoms with Crippen molar-refractivity contribution in [2.45, 2.75) is 6.42 Å². The van der Waals surface area contributed by atoms with E-state index in [4.69, 9.17) is 29.3 Å². The van der Waals surface area contributed by atoms with Gasteiger partial charge in [0.15, 0.2) is 0 Å². The quantitative estimate of drug-likeness (QED) is 0.451. The number of carboxylic acid groups (broad SMARTS) is 2. The van der Waals surface area contributed by atoms with Crippen LogP contribution in [-0.2, 0) is 14.3 Å². The summed E-state index contributed by atoms with van der Waals surface area (Å²) in [6.45, 7) is 1.55. The molecule has 0 atom stereocenters. The number of aliphatic carboxylic acids is 2. The van der Waals surface area contributed by atoms with Crippen molar-refractivity contribution in [2.24, 2.45) is 0 Å². The number of methoxy groups -OCH3 is 1. The lowest BCUT2D eigenvalue weighted by Crippen LogP contribution is -2.16. The van der Waals surface area contributed by atoms with Crippen molar-refractivity contribution in [3.63, 3.8) is 0 Å². The smallest absolute Gasteiger partial charge is 0.414 e. The monoisotopic (exact) mass is 327 g/mol. The molecule has 0 unspecified atom stereocenters. The van der Waals surface area contributed by atoms with Crippen LogP contribution in [0.3, 0.4) is 0 Å². The van der Waals surface area contributed by atoms with E-state index < -0.39 is 11.9 Å². The van der Waals surface area contributed by atoms with Gasteiger partial charge in [0, 0.05) is 6.54 Å². The predicted octanol–water partition coefficient (Wildman–Crippen LogP) is 0.959. The van der Waals surface area contributed by atoms with Gasteiger partial charge in [-0.15, -0.1) is 0 Å². The number of rotatable bonds is 6. The minimum atomic E-state index is -1.82. The Kier molecular flexibility index (Phi) is 9.77. The van der Waals surface area contributed by atoms with Crippen molar-refractivity contribution >= 4 is 17.9 Å². The molecule has 1 rings (SSSR count). The summed E-state index contributed by atoms with van der Waals surface area (Å²) >= 11 is 0. The van der Waals surface area contributed by atoms with Gasteiger partial charge in [0.25, 0.3) is 0 Å². The first-order chi connectivity index (χ1) is 10.8. The molecule has 0 bridgehead atoms. The van der Waals surface area contributed by atoms with Gasteiger partial charge in [-0.2, -0.15) is 0 Å². The van der Waals surface area contributed by atoms with Crippen molar-refractivity contribution in [2.75, 3.05) is 34.4 Å². The van der Waals surface area contributed by atoms with E-state index in [1.807, 2.05) is 20.2 Å². The van der Waals surface area contributed by atoms with Crippen LogP contribution in [0.15, 0.2) is 24.3 Å². The summed E-state index contributed by atoms with van der Waals surface area (Å²) in [6, 6.07) is 7.11. The SMILES string of the molecule is COC(=O)c1ccccc1OCCCN(C)C.O=C(O)C(=O)O. The van der Waals surface area contributed by atoms with Gasteiger partial charge in [-0.3, -0.25) is 0 Å². The molecule has 8 heteroatoms. The highest BCUT2D eigenvalue weighted by atomic mass is 16.5. The molecule has 0 heterocycles. The minimum absolute atomic E-state index is 0.367. The number of hydrogen-bond donors (Lipinski definition) is 2. The van der Waals surface area contributed by atoms with E-state index in [1.165, 1.54) is 7.11 Å². The van der Waals surface area contributed by atoms with Gasteiger partial charge < -0.3 is 24.6 Å². The number of carbonyl (C=O) groups is 3. The molecule has 0 radical (unpaired) electrons. The first-order valence-corrected chi connectivity index (χ1v) is 6.70. The van der Waals surface area contributed by atoms with Crippen molar-refractivity contribution in [1.29, 1.82) is 0 Å². The van der Waals surface area contributed by atoms with Gasteiger partial charge in [-0.1, -0.05) is 12.1 Å². The van der Waals surface area contributed by atoms with Gasteiger partial charge >= 0.3 is 17.9 Å². The average Bonchev–Trinajstić information content (AvgIpc) is 2.51. The second-order valence-corrected chi connectivity index (χ2v) is 4.60. The third-order valence-electron chi connectivity index (χ3n) is 2.48. The fourth-order valence-corrected chi connectivity index (χ4v) is 1.43. The Hall–Kier alpha value is -2.61. The van der Waals surface area contributed by atoms with Gasteiger partial charge in [-0.05, 0) is 32.6 Å². The Morgan fingerprint density at radius 2 is 1.65 bits per heavy atom. The fraction of sp³-hybridized carbons (Fsp3) is 0.400. The normalized spacial score (nSPS) is 9.57. The highest BCUT2D eigenvalue weighted by Gasteiger charge is 2.11. The number of nitrogens with zero attached hydrogens (tertiary/aromatic N) is 1. The zero-order valence-corrected chi connectivity index (χ0v) is 13.3. The van der Waals surface area contributed by atoms with E-state index in [9.17, 15) is 4.79 Å². The Morgan fingerprint density at radius 3 is 2.13 bits per heavy atom. The summed E-state index contributed by atoms with van der Waals surface area (Å²) < 4.78 is 10.3. The lowest BCUT2D eigenvalue weighted by atomic mass is 10.2. The second kappa shape index (κ2) is 11.0. The number of carboxylic acids is 2. The molecule has 0 aliphatic carbocycles. The first-order valence-electron chi connectivity index (χ1n) is 6.70. The molecule has 0 spiro atoms.